The normalized spacial score (nSPS) is 14.8. The summed E-state index contributed by atoms with van der Waals surface area (Å²) in [5.41, 5.74) is 17.4. The van der Waals surface area contributed by atoms with Crippen LogP contribution in [-0.4, -0.2) is 87.4 Å². The lowest BCUT2D eigenvalue weighted by molar-refractivity contribution is -0.142. The molecule has 0 saturated heterocycles. The zero-order chi connectivity index (χ0) is 28.7. The zero-order valence-electron chi connectivity index (χ0n) is 22.1. The Labute approximate surface area is 226 Å². The highest BCUT2D eigenvalue weighted by Crippen LogP contribution is 2.11. The highest BCUT2D eigenvalue weighted by Gasteiger charge is 2.32. The molecule has 0 aliphatic rings. The van der Waals surface area contributed by atoms with E-state index in [2.05, 4.69) is 30.9 Å². The third-order valence-corrected chi connectivity index (χ3v) is 6.57. The Kier molecular flexibility index (Phi) is 14.8. The number of carboxylic acid groups (broad SMARTS) is 1. The van der Waals surface area contributed by atoms with Gasteiger partial charge in [-0.2, -0.15) is 11.8 Å². The summed E-state index contributed by atoms with van der Waals surface area (Å²) in [4.78, 5) is 61.4. The first-order valence-electron chi connectivity index (χ1n) is 12.4. The van der Waals surface area contributed by atoms with Crippen LogP contribution in [0.2, 0.25) is 0 Å². The van der Waals surface area contributed by atoms with Crippen molar-refractivity contribution in [3.05, 3.63) is 18.2 Å². The largest absolute Gasteiger partial charge is 0.480 e. The van der Waals surface area contributed by atoms with Gasteiger partial charge in [-0.05, 0) is 37.2 Å². The fourth-order valence-corrected chi connectivity index (χ4v) is 3.96. The van der Waals surface area contributed by atoms with Gasteiger partial charge in [0.05, 0.1) is 12.4 Å². The topological polar surface area (TPSA) is 244 Å². The predicted octanol–water partition coefficient (Wildman–Crippen LogP) is -1.33. The van der Waals surface area contributed by atoms with Gasteiger partial charge in [-0.3, -0.25) is 19.4 Å². The van der Waals surface area contributed by atoms with Gasteiger partial charge < -0.3 is 43.2 Å². The van der Waals surface area contributed by atoms with E-state index in [-0.39, 0.29) is 37.7 Å². The smallest absolute Gasteiger partial charge is 0.326 e. The standard InChI is InChI=1S/C23H41N9O5S/c1-4-13(2)18(32-19(33)15(24)10-14-11-27-12-29-14)21(35)30-16(6-5-8-28-23(25)26)20(34)31-17(22(36)37)7-9-38-3/h11-13,15-18H,4-10,24H2,1-3H3,(H,27,29)(H,30,35)(H,31,34)(H,32,33)(H,36,37)(H4,25,26,28). The molecule has 14 nitrogen and oxygen atoms in total. The second-order valence-electron chi connectivity index (χ2n) is 8.95. The van der Waals surface area contributed by atoms with E-state index < -0.39 is 47.9 Å². The summed E-state index contributed by atoms with van der Waals surface area (Å²) < 4.78 is 0. The maximum Gasteiger partial charge on any atom is 0.326 e. The summed E-state index contributed by atoms with van der Waals surface area (Å²) in [6.07, 6.45) is 6.32. The number of amides is 3. The summed E-state index contributed by atoms with van der Waals surface area (Å²) in [7, 11) is 0. The molecule has 11 N–H and O–H groups in total. The number of carboxylic acids is 1. The molecule has 5 unspecified atom stereocenters. The van der Waals surface area contributed by atoms with Crippen molar-refractivity contribution in [3.63, 3.8) is 0 Å². The molecule has 0 spiro atoms. The number of hydrogen-bond donors (Lipinski definition) is 8. The van der Waals surface area contributed by atoms with Crippen molar-refractivity contribution in [1.82, 2.24) is 25.9 Å². The van der Waals surface area contributed by atoms with Crippen LogP contribution in [0.1, 0.15) is 45.2 Å². The molecule has 1 aromatic heterocycles. The zero-order valence-corrected chi connectivity index (χ0v) is 22.9. The average Bonchev–Trinajstić information content (AvgIpc) is 3.38. The monoisotopic (exact) mass is 555 g/mol. The third-order valence-electron chi connectivity index (χ3n) is 5.93. The van der Waals surface area contributed by atoms with Crippen LogP contribution in [0.4, 0.5) is 0 Å². The van der Waals surface area contributed by atoms with Crippen LogP contribution in [0.15, 0.2) is 17.5 Å². The Balaban J connectivity index is 3.01. The van der Waals surface area contributed by atoms with E-state index in [1.807, 2.05) is 13.2 Å². The number of rotatable bonds is 18. The van der Waals surface area contributed by atoms with Crippen LogP contribution in [0.5, 0.6) is 0 Å². The van der Waals surface area contributed by atoms with E-state index in [4.69, 9.17) is 17.2 Å². The number of aliphatic imine (C=N–C) groups is 1. The molecule has 214 valence electrons. The number of carbonyl (C=O) groups is 4. The molecular weight excluding hydrogens is 514 g/mol. The summed E-state index contributed by atoms with van der Waals surface area (Å²) in [5.74, 6) is -2.80. The molecular formula is C23H41N9O5S. The molecule has 15 heteroatoms. The Bertz CT molecular complexity index is 924. The number of H-pyrrole nitrogens is 1. The lowest BCUT2D eigenvalue weighted by atomic mass is 9.97. The molecule has 1 heterocycles. The number of carbonyl (C=O) groups excluding carboxylic acids is 3. The molecule has 0 aromatic carbocycles. The number of aliphatic carboxylic acids is 1. The molecule has 38 heavy (non-hydrogen) atoms. The Morgan fingerprint density at radius 2 is 1.79 bits per heavy atom. The number of aromatic amines is 1. The average molecular weight is 556 g/mol. The molecule has 0 fully saturated rings. The number of guanidine groups is 1. The lowest BCUT2D eigenvalue weighted by Gasteiger charge is -2.28. The van der Waals surface area contributed by atoms with Gasteiger partial charge in [-0.25, -0.2) is 9.78 Å². The molecule has 0 aliphatic heterocycles. The quantitative estimate of drug-likeness (QED) is 0.0602. The van der Waals surface area contributed by atoms with Gasteiger partial charge in [0, 0.05) is 24.9 Å². The second-order valence-corrected chi connectivity index (χ2v) is 9.94. The van der Waals surface area contributed by atoms with Gasteiger partial charge in [0.2, 0.25) is 17.7 Å². The predicted molar refractivity (Wildman–Crippen MR) is 146 cm³/mol. The van der Waals surface area contributed by atoms with E-state index in [0.29, 0.717) is 24.3 Å². The van der Waals surface area contributed by atoms with E-state index in [0.717, 1.165) is 0 Å². The minimum Gasteiger partial charge on any atom is -0.480 e. The highest BCUT2D eigenvalue weighted by molar-refractivity contribution is 7.98. The lowest BCUT2D eigenvalue weighted by Crippen LogP contribution is -2.58. The molecule has 0 saturated carbocycles. The van der Waals surface area contributed by atoms with Crippen LogP contribution < -0.4 is 33.2 Å². The van der Waals surface area contributed by atoms with E-state index in [1.165, 1.54) is 18.1 Å². The molecule has 0 radical (unpaired) electrons. The van der Waals surface area contributed by atoms with Crippen LogP contribution in [0, 0.1) is 5.92 Å². The van der Waals surface area contributed by atoms with Crippen molar-refractivity contribution in [2.75, 3.05) is 18.6 Å². The highest BCUT2D eigenvalue weighted by atomic mass is 32.2. The van der Waals surface area contributed by atoms with Gasteiger partial charge in [0.25, 0.3) is 0 Å². The van der Waals surface area contributed by atoms with Crippen LogP contribution in [0.25, 0.3) is 0 Å². The van der Waals surface area contributed by atoms with Crippen LogP contribution in [0.3, 0.4) is 0 Å². The maximum atomic E-state index is 13.3. The first-order chi connectivity index (χ1) is 18.0. The third kappa shape index (κ3) is 11.8. The number of nitrogens with one attached hydrogen (secondary N) is 4. The second kappa shape index (κ2) is 17.2. The summed E-state index contributed by atoms with van der Waals surface area (Å²) in [6.45, 7) is 3.87. The fraction of sp³-hybridized carbons (Fsp3) is 0.652. The number of nitrogens with zero attached hydrogens (tertiary/aromatic N) is 2. The van der Waals surface area contributed by atoms with Crippen molar-refractivity contribution in [3.8, 4) is 0 Å². The first kappa shape index (κ1) is 32.7. The van der Waals surface area contributed by atoms with E-state index >= 15 is 0 Å². The number of hydrogen-bond acceptors (Lipinski definition) is 8. The van der Waals surface area contributed by atoms with Gasteiger partial charge >= 0.3 is 5.97 Å². The van der Waals surface area contributed by atoms with Crippen molar-refractivity contribution >= 4 is 41.4 Å². The SMILES string of the molecule is CCC(C)C(NC(=O)C(N)Cc1cnc[nH]1)C(=O)NC(CCCN=C(N)N)C(=O)NC(CCSC)C(=O)O. The van der Waals surface area contributed by atoms with E-state index in [9.17, 15) is 24.3 Å². The minimum absolute atomic E-state index is 0.107. The first-order valence-corrected chi connectivity index (χ1v) is 13.8. The Morgan fingerprint density at radius 3 is 2.34 bits per heavy atom. The summed E-state index contributed by atoms with van der Waals surface area (Å²) in [6, 6.07) is -4.09. The van der Waals surface area contributed by atoms with Crippen molar-refractivity contribution in [2.45, 2.75) is 70.1 Å². The molecule has 3 amide bonds. The van der Waals surface area contributed by atoms with Crippen molar-refractivity contribution < 1.29 is 24.3 Å². The van der Waals surface area contributed by atoms with E-state index in [1.54, 1.807) is 13.1 Å². The summed E-state index contributed by atoms with van der Waals surface area (Å²) >= 11 is 1.45. The van der Waals surface area contributed by atoms with Gasteiger partial charge in [0.1, 0.15) is 18.1 Å². The van der Waals surface area contributed by atoms with Crippen LogP contribution >= 0.6 is 11.8 Å². The van der Waals surface area contributed by atoms with Gasteiger partial charge in [0.15, 0.2) is 5.96 Å². The molecule has 1 aromatic rings. The molecule has 1 rings (SSSR count). The van der Waals surface area contributed by atoms with Gasteiger partial charge in [-0.15, -0.1) is 0 Å². The number of imidazole rings is 1. The molecule has 0 bridgehead atoms. The fourth-order valence-electron chi connectivity index (χ4n) is 3.49. The minimum atomic E-state index is -1.17. The van der Waals surface area contributed by atoms with Crippen molar-refractivity contribution in [2.24, 2.45) is 28.1 Å². The molecule has 0 aliphatic carbocycles. The number of thioether (sulfide) groups is 1. The van der Waals surface area contributed by atoms with Crippen molar-refractivity contribution in [1.29, 1.82) is 0 Å². The molecule has 5 atom stereocenters. The number of aromatic nitrogens is 2. The Morgan fingerprint density at radius 1 is 1.11 bits per heavy atom. The Hall–Kier alpha value is -3.33. The maximum absolute atomic E-state index is 13.3. The van der Waals surface area contributed by atoms with Gasteiger partial charge in [-0.1, -0.05) is 20.3 Å². The van der Waals surface area contributed by atoms with Crippen LogP contribution in [-0.2, 0) is 25.6 Å². The summed E-state index contributed by atoms with van der Waals surface area (Å²) in [5, 5.41) is 17.4. The number of nitrogens with two attached hydrogens (primary N) is 3.